The summed E-state index contributed by atoms with van der Waals surface area (Å²) in [4.78, 5) is 5.02. The van der Waals surface area contributed by atoms with Crippen LogP contribution in [0.3, 0.4) is 0 Å². The first-order chi connectivity index (χ1) is 11.4. The molecule has 0 aromatic heterocycles. The van der Waals surface area contributed by atoms with Gasteiger partial charge in [0, 0.05) is 45.0 Å². The summed E-state index contributed by atoms with van der Waals surface area (Å²) in [5.41, 5.74) is 4.10. The summed E-state index contributed by atoms with van der Waals surface area (Å²) in [7, 11) is 0. The van der Waals surface area contributed by atoms with Crippen molar-refractivity contribution in [2.24, 2.45) is 0 Å². The Labute approximate surface area is 139 Å². The van der Waals surface area contributed by atoms with Gasteiger partial charge in [-0.2, -0.15) is 0 Å². The number of aliphatic hydroxyl groups excluding tert-OH is 1. The van der Waals surface area contributed by atoms with Gasteiger partial charge in [-0.3, -0.25) is 4.90 Å². The Kier molecular flexibility index (Phi) is 5.67. The Balaban J connectivity index is 1.58. The lowest BCUT2D eigenvalue weighted by Crippen LogP contribution is -2.46. The van der Waals surface area contributed by atoms with Crippen LogP contribution in [0.15, 0.2) is 54.6 Å². The number of hydrogen-bond donors (Lipinski definition) is 1. The van der Waals surface area contributed by atoms with Gasteiger partial charge >= 0.3 is 0 Å². The Morgan fingerprint density at radius 3 is 2.26 bits per heavy atom. The number of piperazine rings is 1. The summed E-state index contributed by atoms with van der Waals surface area (Å²) in [5.74, 6) is 0. The molecular formula is C20H26N2O. The summed E-state index contributed by atoms with van der Waals surface area (Å²) in [6.45, 7) is 5.65. The van der Waals surface area contributed by atoms with Crippen molar-refractivity contribution in [3.63, 3.8) is 0 Å². The molecule has 0 bridgehead atoms. The molecule has 3 rings (SSSR count). The lowest BCUT2D eigenvalue weighted by molar-refractivity contribution is 0.249. The van der Waals surface area contributed by atoms with Crippen LogP contribution < -0.4 is 4.90 Å². The lowest BCUT2D eigenvalue weighted by Gasteiger charge is -2.37. The maximum Gasteiger partial charge on any atom is 0.0434 e. The van der Waals surface area contributed by atoms with Gasteiger partial charge in [-0.25, -0.2) is 0 Å². The van der Waals surface area contributed by atoms with E-state index in [1.165, 1.54) is 16.8 Å². The zero-order chi connectivity index (χ0) is 15.9. The summed E-state index contributed by atoms with van der Waals surface area (Å²) in [5, 5.41) is 9.08. The molecule has 2 aromatic rings. The van der Waals surface area contributed by atoms with E-state index >= 15 is 0 Å². The first-order valence-electron chi connectivity index (χ1n) is 8.57. The van der Waals surface area contributed by atoms with Gasteiger partial charge < -0.3 is 10.0 Å². The molecule has 0 saturated carbocycles. The Hall–Kier alpha value is -1.84. The number of para-hydroxylation sites is 1. The molecule has 0 spiro atoms. The largest absolute Gasteiger partial charge is 0.396 e. The minimum Gasteiger partial charge on any atom is -0.396 e. The van der Waals surface area contributed by atoms with Gasteiger partial charge in [0.05, 0.1) is 0 Å². The molecule has 23 heavy (non-hydrogen) atoms. The van der Waals surface area contributed by atoms with Crippen molar-refractivity contribution >= 4 is 5.69 Å². The molecule has 1 fully saturated rings. The number of aryl methyl sites for hydroxylation is 1. The number of anilines is 1. The number of nitrogens with zero attached hydrogens (tertiary/aromatic N) is 2. The van der Waals surface area contributed by atoms with Crippen molar-refractivity contribution in [3.8, 4) is 0 Å². The summed E-state index contributed by atoms with van der Waals surface area (Å²) >= 11 is 0. The Morgan fingerprint density at radius 1 is 0.826 bits per heavy atom. The van der Waals surface area contributed by atoms with Crippen molar-refractivity contribution in [1.82, 2.24) is 4.90 Å². The topological polar surface area (TPSA) is 26.7 Å². The van der Waals surface area contributed by atoms with Crippen LogP contribution in [-0.4, -0.2) is 42.8 Å². The zero-order valence-corrected chi connectivity index (χ0v) is 13.7. The normalized spacial score (nSPS) is 15.8. The predicted octanol–water partition coefficient (Wildman–Crippen LogP) is 2.93. The van der Waals surface area contributed by atoms with Crippen LogP contribution in [0.5, 0.6) is 0 Å². The molecule has 3 nitrogen and oxygen atoms in total. The molecule has 0 atom stereocenters. The second-order valence-electron chi connectivity index (χ2n) is 6.20. The third-order valence-electron chi connectivity index (χ3n) is 4.56. The van der Waals surface area contributed by atoms with Crippen LogP contribution in [0.4, 0.5) is 5.69 Å². The highest BCUT2D eigenvalue weighted by Gasteiger charge is 2.18. The van der Waals surface area contributed by atoms with Crippen molar-refractivity contribution in [2.75, 3.05) is 37.7 Å². The fraction of sp³-hybridized carbons (Fsp3) is 0.400. The highest BCUT2D eigenvalue weighted by molar-refractivity contribution is 5.54. The zero-order valence-electron chi connectivity index (χ0n) is 13.7. The van der Waals surface area contributed by atoms with Crippen LogP contribution in [-0.2, 0) is 13.0 Å². The van der Waals surface area contributed by atoms with Gasteiger partial charge in [-0.05, 0) is 30.0 Å². The van der Waals surface area contributed by atoms with Crippen LogP contribution in [0.2, 0.25) is 0 Å². The quantitative estimate of drug-likeness (QED) is 0.889. The third kappa shape index (κ3) is 4.34. The van der Waals surface area contributed by atoms with Gasteiger partial charge in [-0.15, -0.1) is 0 Å². The SMILES string of the molecule is OCCCc1ccccc1N1CCN(Cc2ccccc2)CC1. The smallest absolute Gasteiger partial charge is 0.0434 e. The summed E-state index contributed by atoms with van der Waals surface area (Å²) in [6, 6.07) is 19.3. The first-order valence-corrected chi connectivity index (χ1v) is 8.57. The molecule has 0 amide bonds. The standard InChI is InChI=1S/C20H26N2O/c23-16-6-10-19-9-4-5-11-20(19)22-14-12-21(13-15-22)17-18-7-2-1-3-8-18/h1-5,7-9,11,23H,6,10,12-17H2. The maximum atomic E-state index is 9.08. The van der Waals surface area contributed by atoms with E-state index in [1.54, 1.807) is 0 Å². The number of hydrogen-bond acceptors (Lipinski definition) is 3. The van der Waals surface area contributed by atoms with Crippen LogP contribution >= 0.6 is 0 Å². The average Bonchev–Trinajstić information content (AvgIpc) is 2.62. The van der Waals surface area contributed by atoms with Crippen molar-refractivity contribution in [2.45, 2.75) is 19.4 Å². The molecule has 1 aliphatic rings. The van der Waals surface area contributed by atoms with E-state index in [0.29, 0.717) is 0 Å². The third-order valence-corrected chi connectivity index (χ3v) is 4.56. The summed E-state index contributed by atoms with van der Waals surface area (Å²) < 4.78 is 0. The van der Waals surface area contributed by atoms with Gasteiger partial charge in [-0.1, -0.05) is 48.5 Å². The molecule has 2 aromatic carbocycles. The van der Waals surface area contributed by atoms with Gasteiger partial charge in [0.15, 0.2) is 0 Å². The molecule has 0 unspecified atom stereocenters. The van der Waals surface area contributed by atoms with Gasteiger partial charge in [0.1, 0.15) is 0 Å². The van der Waals surface area contributed by atoms with E-state index < -0.39 is 0 Å². The Bertz CT molecular complexity index is 592. The minimum atomic E-state index is 0.263. The molecule has 1 saturated heterocycles. The van der Waals surface area contributed by atoms with Crippen LogP contribution in [0.25, 0.3) is 0 Å². The number of benzene rings is 2. The monoisotopic (exact) mass is 310 g/mol. The van der Waals surface area contributed by atoms with Gasteiger partial charge in [0.25, 0.3) is 0 Å². The molecule has 0 aliphatic carbocycles. The Morgan fingerprint density at radius 2 is 1.52 bits per heavy atom. The lowest BCUT2D eigenvalue weighted by atomic mass is 10.1. The number of aliphatic hydroxyl groups is 1. The van der Waals surface area contributed by atoms with Gasteiger partial charge in [0.2, 0.25) is 0 Å². The molecule has 122 valence electrons. The predicted molar refractivity (Wildman–Crippen MR) is 95.8 cm³/mol. The van der Waals surface area contributed by atoms with Crippen molar-refractivity contribution < 1.29 is 5.11 Å². The average molecular weight is 310 g/mol. The highest BCUT2D eigenvalue weighted by atomic mass is 16.2. The van der Waals surface area contributed by atoms with E-state index in [1.807, 2.05) is 0 Å². The molecule has 0 radical (unpaired) electrons. The molecule has 1 heterocycles. The number of rotatable bonds is 6. The molecular weight excluding hydrogens is 284 g/mol. The first kappa shape index (κ1) is 16.0. The fourth-order valence-electron chi connectivity index (χ4n) is 3.29. The second-order valence-corrected chi connectivity index (χ2v) is 6.20. The second kappa shape index (κ2) is 8.14. The van der Waals surface area contributed by atoms with Crippen LogP contribution in [0.1, 0.15) is 17.5 Å². The minimum absolute atomic E-state index is 0.263. The fourth-order valence-corrected chi connectivity index (χ4v) is 3.29. The summed E-state index contributed by atoms with van der Waals surface area (Å²) in [6.07, 6.45) is 1.79. The van der Waals surface area contributed by atoms with Crippen molar-refractivity contribution in [1.29, 1.82) is 0 Å². The van der Waals surface area contributed by atoms with E-state index in [4.69, 9.17) is 5.11 Å². The highest BCUT2D eigenvalue weighted by Crippen LogP contribution is 2.23. The molecule has 1 N–H and O–H groups in total. The molecule has 1 aliphatic heterocycles. The van der Waals surface area contributed by atoms with Crippen molar-refractivity contribution in [3.05, 3.63) is 65.7 Å². The van der Waals surface area contributed by atoms with E-state index in [-0.39, 0.29) is 6.61 Å². The molecule has 3 heteroatoms. The maximum absolute atomic E-state index is 9.08. The van der Waals surface area contributed by atoms with E-state index in [2.05, 4.69) is 64.4 Å². The van der Waals surface area contributed by atoms with Crippen LogP contribution in [0, 0.1) is 0 Å². The van der Waals surface area contributed by atoms with E-state index in [0.717, 1.165) is 45.6 Å². The van der Waals surface area contributed by atoms with E-state index in [9.17, 15) is 0 Å².